The van der Waals surface area contributed by atoms with Crippen molar-refractivity contribution in [2.24, 2.45) is 5.92 Å². The van der Waals surface area contributed by atoms with Crippen LogP contribution in [0.3, 0.4) is 0 Å². The number of para-hydroxylation sites is 3. The van der Waals surface area contributed by atoms with Gasteiger partial charge < -0.3 is 23.6 Å². The van der Waals surface area contributed by atoms with Crippen molar-refractivity contribution in [3.05, 3.63) is 126 Å². The molecule has 0 saturated carbocycles. The summed E-state index contributed by atoms with van der Waals surface area (Å²) in [4.78, 5) is 32.9. The molecule has 52 heavy (non-hydrogen) atoms. The summed E-state index contributed by atoms with van der Waals surface area (Å²) in [5, 5.41) is 17.7. The number of hydrogen-bond donors (Lipinski definition) is 1. The summed E-state index contributed by atoms with van der Waals surface area (Å²) in [6.07, 6.45) is 1.98. The molecule has 3 aliphatic rings. The third kappa shape index (κ3) is 5.62. The van der Waals surface area contributed by atoms with E-state index in [1.165, 1.54) is 0 Å². The zero-order valence-electron chi connectivity index (χ0n) is 29.3. The van der Waals surface area contributed by atoms with Crippen molar-refractivity contribution < 1.29 is 28.3 Å². The Morgan fingerprint density at radius 2 is 1.65 bits per heavy atom. The number of aliphatic hydroxyl groups excluding tert-OH is 1. The Morgan fingerprint density at radius 1 is 0.923 bits per heavy atom. The lowest BCUT2D eigenvalue weighted by Gasteiger charge is -2.31. The fourth-order valence-corrected chi connectivity index (χ4v) is 10.9. The molecule has 1 N–H and O–H groups in total. The van der Waals surface area contributed by atoms with Gasteiger partial charge in [-0.2, -0.15) is 0 Å². The number of ether oxygens (including phenoxy) is 2. The number of aliphatic hydroxyl groups is 1. The third-order valence-corrected chi connectivity index (χ3v) is 13.1. The fraction of sp³-hybridized carbons (Fsp3) is 0.300. The minimum absolute atomic E-state index is 0.0364. The second-order valence-corrected chi connectivity index (χ2v) is 18.1. The largest absolute Gasteiger partial charge is 0.454 e. The molecule has 0 bridgehead atoms. The average Bonchev–Trinajstić information content (AvgIpc) is 3.75. The lowest BCUT2D eigenvalue weighted by atomic mass is 9.82. The highest BCUT2D eigenvalue weighted by atomic mass is 28.4. The van der Waals surface area contributed by atoms with Crippen LogP contribution in [-0.2, 0) is 34.6 Å². The highest BCUT2D eigenvalue weighted by Gasteiger charge is 2.66. The number of amides is 2. The van der Waals surface area contributed by atoms with E-state index in [1.807, 2.05) is 85.8 Å². The molecule has 12 heteroatoms. The van der Waals surface area contributed by atoms with E-state index in [0.29, 0.717) is 71.3 Å². The van der Waals surface area contributed by atoms with Crippen molar-refractivity contribution >= 4 is 37.3 Å². The Balaban J connectivity index is 1.25. The minimum atomic E-state index is -3.44. The molecule has 10 nitrogen and oxygen atoms in total. The summed E-state index contributed by atoms with van der Waals surface area (Å²) in [5.74, 6) is -0.0771. The van der Waals surface area contributed by atoms with Crippen LogP contribution in [0.15, 0.2) is 103 Å². The molecule has 4 heterocycles. The number of anilines is 3. The Labute approximate surface area is 302 Å². The van der Waals surface area contributed by atoms with Gasteiger partial charge in [-0.1, -0.05) is 66.7 Å². The Morgan fingerprint density at radius 3 is 2.42 bits per heavy atom. The summed E-state index contributed by atoms with van der Waals surface area (Å²) >= 11 is 0. The normalized spacial score (nSPS) is 22.3. The monoisotopic (exact) mass is 717 g/mol. The average molecular weight is 718 g/mol. The number of nitrogens with zero attached hydrogens (tertiary/aromatic N) is 5. The van der Waals surface area contributed by atoms with Crippen LogP contribution in [0.5, 0.6) is 11.5 Å². The van der Waals surface area contributed by atoms with Crippen LogP contribution in [0.25, 0.3) is 0 Å². The second-order valence-electron chi connectivity index (χ2n) is 14.3. The Bertz CT molecular complexity index is 2160. The van der Waals surface area contributed by atoms with Crippen molar-refractivity contribution in [1.29, 1.82) is 0 Å². The molecule has 0 unspecified atom stereocenters. The molecular formula is C40H40FN5O5Si. The van der Waals surface area contributed by atoms with Crippen LogP contribution >= 0.6 is 0 Å². The van der Waals surface area contributed by atoms with Gasteiger partial charge >= 0.3 is 0 Å². The number of aromatic nitrogens is 3. The van der Waals surface area contributed by atoms with Crippen molar-refractivity contribution in [2.45, 2.75) is 63.2 Å². The van der Waals surface area contributed by atoms with Gasteiger partial charge in [-0.25, -0.2) is 0 Å². The van der Waals surface area contributed by atoms with Gasteiger partial charge in [-0.3, -0.25) is 19.2 Å². The van der Waals surface area contributed by atoms with E-state index in [-0.39, 0.29) is 18.4 Å². The van der Waals surface area contributed by atoms with Gasteiger partial charge in [0.15, 0.2) is 11.4 Å². The topological polar surface area (TPSA) is 110 Å². The number of fused-ring (bicyclic) bond motifs is 4. The van der Waals surface area contributed by atoms with E-state index in [1.54, 1.807) is 52.0 Å². The second kappa shape index (κ2) is 13.1. The van der Waals surface area contributed by atoms with Crippen molar-refractivity contribution in [1.82, 2.24) is 15.0 Å². The van der Waals surface area contributed by atoms with E-state index in [0.717, 1.165) is 5.56 Å². The highest BCUT2D eigenvalue weighted by Crippen LogP contribution is 2.61. The van der Waals surface area contributed by atoms with Gasteiger partial charge in [-0.15, -0.1) is 5.10 Å². The van der Waals surface area contributed by atoms with Gasteiger partial charge in [0.25, 0.3) is 11.8 Å². The number of carbonyl (C=O) groups excluding carboxylic acids is 2. The quantitative estimate of drug-likeness (QED) is 0.126. The molecule has 1 fully saturated rings. The first kappa shape index (κ1) is 33.9. The van der Waals surface area contributed by atoms with Gasteiger partial charge in [0.2, 0.25) is 8.41 Å². The molecule has 2 amide bonds. The van der Waals surface area contributed by atoms with E-state index in [9.17, 15) is 9.90 Å². The predicted molar refractivity (Wildman–Crippen MR) is 197 cm³/mol. The van der Waals surface area contributed by atoms with Crippen molar-refractivity contribution in [3.63, 3.8) is 0 Å². The SMILES string of the molecule is C[C@@H]1[C@@H]([Si](C)(C)F)[C@H](CCn2cc(CCO)nn2)O[C@@]12C(=O)N(Cc1ccccc1)c1ccc(N3C(=O)c4ccccc4Oc4ccccc43)cc12. The molecule has 0 aliphatic carbocycles. The van der Waals surface area contributed by atoms with E-state index < -0.39 is 31.6 Å². The van der Waals surface area contributed by atoms with Crippen LogP contribution in [-0.4, -0.2) is 53.0 Å². The summed E-state index contributed by atoms with van der Waals surface area (Å²) in [7, 11) is -3.44. The standard InChI is InChI=1S/C40H40FN5O5Si/c1-26-37(52(2,3)41)36(19-21-44-25-28(20-22-47)42-43-44)51-40(26)31-23-29(17-18-32(31)45(39(40)49)24-27-11-5-4-6-12-27)46-33-14-8-10-16-35(33)50-34-15-9-7-13-30(34)38(46)48/h4-18,23,25-26,36-37,47H,19-22,24H2,1-3H3/t26-,36+,37-,40+/m1/s1. The molecule has 0 radical (unpaired) electrons. The Hall–Kier alpha value is -5.17. The summed E-state index contributed by atoms with van der Waals surface area (Å²) in [6.45, 7) is 5.97. The van der Waals surface area contributed by atoms with Gasteiger partial charge in [0.1, 0.15) is 5.75 Å². The van der Waals surface area contributed by atoms with Gasteiger partial charge in [-0.05, 0) is 67.5 Å². The van der Waals surface area contributed by atoms with E-state index >= 15 is 8.90 Å². The smallest absolute Gasteiger partial charge is 0.266 e. The zero-order valence-corrected chi connectivity index (χ0v) is 30.3. The molecule has 1 saturated heterocycles. The molecule has 1 aromatic heterocycles. The molecule has 1 spiro atoms. The molecule has 4 aromatic carbocycles. The maximum absolute atomic E-state index is 16.6. The minimum Gasteiger partial charge on any atom is -0.454 e. The summed E-state index contributed by atoms with van der Waals surface area (Å²) in [5.41, 5.74) is 2.36. The van der Waals surface area contributed by atoms with Crippen molar-refractivity contribution in [3.8, 4) is 11.5 Å². The van der Waals surface area contributed by atoms with Gasteiger partial charge in [0, 0.05) is 48.5 Å². The van der Waals surface area contributed by atoms with E-state index in [2.05, 4.69) is 10.3 Å². The lowest BCUT2D eigenvalue weighted by Crippen LogP contribution is -2.45. The maximum Gasteiger partial charge on any atom is 0.266 e. The number of hydrogen-bond acceptors (Lipinski definition) is 7. The maximum atomic E-state index is 16.6. The first-order valence-electron chi connectivity index (χ1n) is 17.7. The van der Waals surface area contributed by atoms with Crippen molar-refractivity contribution in [2.75, 3.05) is 16.4 Å². The molecule has 3 aliphatic heterocycles. The van der Waals surface area contributed by atoms with Crippen LogP contribution in [0, 0.1) is 5.92 Å². The number of carbonyl (C=O) groups is 2. The van der Waals surface area contributed by atoms with Crippen LogP contribution in [0.2, 0.25) is 18.6 Å². The lowest BCUT2D eigenvalue weighted by molar-refractivity contribution is -0.146. The first-order chi connectivity index (χ1) is 25.1. The Kier molecular flexibility index (Phi) is 8.55. The number of benzene rings is 4. The van der Waals surface area contributed by atoms with Crippen LogP contribution < -0.4 is 14.5 Å². The van der Waals surface area contributed by atoms with Crippen LogP contribution in [0.4, 0.5) is 21.2 Å². The molecule has 8 rings (SSSR count). The van der Waals surface area contributed by atoms with Gasteiger partial charge in [0.05, 0.1) is 35.3 Å². The number of rotatable bonds is 9. The van der Waals surface area contributed by atoms with E-state index in [4.69, 9.17) is 9.47 Å². The summed E-state index contributed by atoms with van der Waals surface area (Å²) in [6, 6.07) is 29.9. The zero-order chi connectivity index (χ0) is 36.2. The van der Waals surface area contributed by atoms with Crippen LogP contribution in [0.1, 0.15) is 40.5 Å². The molecule has 266 valence electrons. The number of halogens is 1. The molecular weight excluding hydrogens is 678 g/mol. The third-order valence-electron chi connectivity index (χ3n) is 10.6. The highest BCUT2D eigenvalue weighted by molar-refractivity contribution is 6.72. The number of aryl methyl sites for hydroxylation is 1. The first-order valence-corrected chi connectivity index (χ1v) is 20.6. The summed E-state index contributed by atoms with van der Waals surface area (Å²) < 4.78 is 31.6. The fourth-order valence-electron chi connectivity index (χ4n) is 8.37. The molecule has 4 atom stereocenters. The molecule has 5 aromatic rings. The predicted octanol–water partition coefficient (Wildman–Crippen LogP) is 7.31.